The fraction of sp³-hybridized carbons (Fsp3) is 1.00. The molecule has 118 valence electrons. The van der Waals surface area contributed by atoms with Gasteiger partial charge < -0.3 is 19.3 Å². The summed E-state index contributed by atoms with van der Waals surface area (Å²) in [6, 6.07) is 0. The third-order valence-electron chi connectivity index (χ3n) is 4.50. The second kappa shape index (κ2) is 6.89. The number of ether oxygens (including phenoxy) is 1. The van der Waals surface area contributed by atoms with Gasteiger partial charge in [-0.25, -0.2) is 0 Å². The molecule has 1 heterocycles. The zero-order valence-electron chi connectivity index (χ0n) is 12.4. The molecular formula is C14H27O5P. The van der Waals surface area contributed by atoms with Crippen LogP contribution in [0.1, 0.15) is 52.4 Å². The molecule has 2 unspecified atom stereocenters. The van der Waals surface area contributed by atoms with Crippen molar-refractivity contribution in [1.82, 2.24) is 0 Å². The van der Waals surface area contributed by atoms with Gasteiger partial charge in [0.2, 0.25) is 0 Å². The first kappa shape index (κ1) is 16.4. The van der Waals surface area contributed by atoms with Crippen molar-refractivity contribution in [3.8, 4) is 0 Å². The molecule has 0 aromatic carbocycles. The van der Waals surface area contributed by atoms with Crippen LogP contribution in [0.5, 0.6) is 0 Å². The van der Waals surface area contributed by atoms with Crippen molar-refractivity contribution in [3.05, 3.63) is 0 Å². The van der Waals surface area contributed by atoms with Crippen molar-refractivity contribution in [2.75, 3.05) is 6.61 Å². The molecule has 1 aliphatic carbocycles. The first-order valence-electron chi connectivity index (χ1n) is 7.70. The van der Waals surface area contributed by atoms with Gasteiger partial charge >= 0.3 is 7.60 Å². The first-order chi connectivity index (χ1) is 9.40. The summed E-state index contributed by atoms with van der Waals surface area (Å²) in [4.78, 5) is 9.65. The van der Waals surface area contributed by atoms with Gasteiger partial charge in [-0.1, -0.05) is 33.1 Å². The molecule has 0 bridgehead atoms. The lowest BCUT2D eigenvalue weighted by atomic mass is 9.84. The third kappa shape index (κ3) is 4.05. The van der Waals surface area contributed by atoms with Crippen LogP contribution in [0.4, 0.5) is 0 Å². The maximum Gasteiger partial charge on any atom is 0.330 e. The van der Waals surface area contributed by atoms with E-state index in [1.807, 2.05) is 0 Å². The molecule has 2 N–H and O–H groups in total. The lowest BCUT2D eigenvalue weighted by Gasteiger charge is -2.27. The summed E-state index contributed by atoms with van der Waals surface area (Å²) in [6.45, 7) is 3.30. The lowest BCUT2D eigenvalue weighted by molar-refractivity contribution is -0.0396. The minimum Gasteiger partial charge on any atom is -0.390 e. The van der Waals surface area contributed by atoms with E-state index in [4.69, 9.17) is 9.26 Å². The van der Waals surface area contributed by atoms with Crippen LogP contribution in [0.3, 0.4) is 0 Å². The summed E-state index contributed by atoms with van der Waals surface area (Å²) in [5.41, 5.74) is -0.435. The van der Waals surface area contributed by atoms with Crippen molar-refractivity contribution in [3.63, 3.8) is 0 Å². The molecule has 2 fully saturated rings. The summed E-state index contributed by atoms with van der Waals surface area (Å²) in [5, 5.41) is 10.0. The third-order valence-corrected chi connectivity index (χ3v) is 6.33. The van der Waals surface area contributed by atoms with Gasteiger partial charge in [-0.2, -0.15) is 0 Å². The first-order valence-corrected chi connectivity index (χ1v) is 9.35. The lowest BCUT2D eigenvalue weighted by Crippen LogP contribution is -2.27. The topological polar surface area (TPSA) is 76.0 Å². The maximum atomic E-state index is 11.8. The summed E-state index contributed by atoms with van der Waals surface area (Å²) in [6.07, 6.45) is 5.73. The Bertz CT molecular complexity index is 353. The Morgan fingerprint density at radius 1 is 1.30 bits per heavy atom. The van der Waals surface area contributed by atoms with Crippen LogP contribution in [0.2, 0.25) is 0 Å². The molecule has 5 nitrogen and oxygen atoms in total. The van der Waals surface area contributed by atoms with Crippen molar-refractivity contribution in [1.29, 1.82) is 0 Å². The smallest absolute Gasteiger partial charge is 0.330 e. The number of hydrogen-bond acceptors (Lipinski definition) is 4. The van der Waals surface area contributed by atoms with Gasteiger partial charge in [0.1, 0.15) is 6.10 Å². The number of aliphatic hydroxyl groups is 1. The van der Waals surface area contributed by atoms with E-state index in [2.05, 4.69) is 0 Å². The van der Waals surface area contributed by atoms with Crippen LogP contribution in [-0.2, 0) is 13.8 Å². The molecule has 0 aromatic rings. The fourth-order valence-corrected chi connectivity index (χ4v) is 3.71. The quantitative estimate of drug-likeness (QED) is 0.764. The van der Waals surface area contributed by atoms with Crippen molar-refractivity contribution in [2.24, 2.45) is 5.92 Å². The largest absolute Gasteiger partial charge is 0.390 e. The Hall–Kier alpha value is 0.0700. The minimum absolute atomic E-state index is 0.00363. The Balaban J connectivity index is 1.83. The van der Waals surface area contributed by atoms with Gasteiger partial charge in [0.25, 0.3) is 0 Å². The molecule has 6 heteroatoms. The molecule has 20 heavy (non-hydrogen) atoms. The molecule has 0 amide bonds. The predicted octanol–water partition coefficient (Wildman–Crippen LogP) is 2.70. The molecule has 4 atom stereocenters. The fourth-order valence-electron chi connectivity index (χ4n) is 3.05. The highest BCUT2D eigenvalue weighted by atomic mass is 31.2. The average molecular weight is 306 g/mol. The van der Waals surface area contributed by atoms with E-state index in [9.17, 15) is 14.6 Å². The minimum atomic E-state index is -3.59. The second-order valence-corrected chi connectivity index (χ2v) is 8.79. The Morgan fingerprint density at radius 3 is 2.55 bits per heavy atom. The Labute approximate surface area is 121 Å². The van der Waals surface area contributed by atoms with E-state index in [-0.39, 0.29) is 12.7 Å². The van der Waals surface area contributed by atoms with Crippen LogP contribution in [0.25, 0.3) is 0 Å². The highest BCUT2D eigenvalue weighted by molar-refractivity contribution is 7.53. The van der Waals surface area contributed by atoms with E-state index < -0.39 is 25.5 Å². The zero-order chi connectivity index (χ0) is 14.8. The van der Waals surface area contributed by atoms with Crippen LogP contribution < -0.4 is 0 Å². The second-order valence-electron chi connectivity index (χ2n) is 6.37. The molecule has 0 aromatic heterocycles. The SMILES string of the molecule is CC(C)P(=O)(O)OCC1O[C@@H](C2CCCCC2)C[C@H]1O. The highest BCUT2D eigenvalue weighted by Crippen LogP contribution is 2.47. The highest BCUT2D eigenvalue weighted by Gasteiger charge is 2.39. The van der Waals surface area contributed by atoms with Gasteiger partial charge in [0, 0.05) is 6.42 Å². The summed E-state index contributed by atoms with van der Waals surface area (Å²) in [7, 11) is -3.59. The predicted molar refractivity (Wildman–Crippen MR) is 76.8 cm³/mol. The molecular weight excluding hydrogens is 279 g/mol. The normalized spacial score (nSPS) is 35.4. The van der Waals surface area contributed by atoms with Crippen LogP contribution in [0, 0.1) is 5.92 Å². The van der Waals surface area contributed by atoms with Gasteiger partial charge in [-0.05, 0) is 18.8 Å². The standard InChI is InChI=1S/C14H27O5P/c1-10(2)20(16,17)18-9-14-12(15)8-13(19-14)11-6-4-3-5-7-11/h10-15H,3-9H2,1-2H3,(H,16,17)/t12-,13-,14?/m1/s1. The van der Waals surface area contributed by atoms with Crippen LogP contribution in [-0.4, -0.2) is 40.6 Å². The molecule has 1 saturated heterocycles. The summed E-state index contributed by atoms with van der Waals surface area (Å²) >= 11 is 0. The van der Waals surface area contributed by atoms with Crippen LogP contribution >= 0.6 is 7.60 Å². The zero-order valence-corrected chi connectivity index (χ0v) is 13.3. The van der Waals surface area contributed by atoms with Crippen LogP contribution in [0.15, 0.2) is 0 Å². The summed E-state index contributed by atoms with van der Waals surface area (Å²) in [5.74, 6) is 0.523. The monoisotopic (exact) mass is 306 g/mol. The molecule has 1 saturated carbocycles. The van der Waals surface area contributed by atoms with Crippen molar-refractivity contribution < 1.29 is 23.8 Å². The number of hydrogen-bond donors (Lipinski definition) is 2. The van der Waals surface area contributed by atoms with Crippen molar-refractivity contribution >= 4 is 7.60 Å². The number of aliphatic hydroxyl groups excluding tert-OH is 1. The maximum absolute atomic E-state index is 11.8. The van der Waals surface area contributed by atoms with E-state index in [0.717, 1.165) is 12.8 Å². The number of rotatable bonds is 5. The molecule has 1 aliphatic heterocycles. The average Bonchev–Trinajstić information content (AvgIpc) is 2.79. The van der Waals surface area contributed by atoms with E-state index >= 15 is 0 Å². The van der Waals surface area contributed by atoms with Crippen molar-refractivity contribution in [2.45, 2.75) is 76.3 Å². The van der Waals surface area contributed by atoms with Gasteiger partial charge in [-0.15, -0.1) is 0 Å². The van der Waals surface area contributed by atoms with E-state index in [1.165, 1.54) is 19.3 Å². The molecule has 0 spiro atoms. The molecule has 2 aliphatic rings. The van der Waals surface area contributed by atoms with Gasteiger partial charge in [0.15, 0.2) is 0 Å². The summed E-state index contributed by atoms with van der Waals surface area (Å²) < 4.78 is 22.7. The Morgan fingerprint density at radius 2 is 1.95 bits per heavy atom. The molecule has 0 radical (unpaired) electrons. The molecule has 2 rings (SSSR count). The Kier molecular flexibility index (Phi) is 5.66. The van der Waals surface area contributed by atoms with E-state index in [0.29, 0.717) is 12.3 Å². The van der Waals surface area contributed by atoms with Gasteiger partial charge in [-0.3, -0.25) is 4.57 Å². The van der Waals surface area contributed by atoms with E-state index in [1.54, 1.807) is 13.8 Å². The van der Waals surface area contributed by atoms with Gasteiger partial charge in [0.05, 0.1) is 24.5 Å².